The molecule has 0 amide bonds. The lowest BCUT2D eigenvalue weighted by Gasteiger charge is -2.24. The summed E-state index contributed by atoms with van der Waals surface area (Å²) in [5.41, 5.74) is 2.58. The minimum Gasteiger partial charge on any atom is -0.377 e. The normalized spacial score (nSPS) is 19.8. The van der Waals surface area contributed by atoms with Gasteiger partial charge in [-0.2, -0.15) is 4.98 Å². The van der Waals surface area contributed by atoms with Gasteiger partial charge < -0.3 is 9.64 Å². The first-order chi connectivity index (χ1) is 10.2. The fourth-order valence-electron chi connectivity index (χ4n) is 2.62. The van der Waals surface area contributed by atoms with Crippen LogP contribution in [0.25, 0.3) is 10.2 Å². The van der Waals surface area contributed by atoms with Gasteiger partial charge in [0.25, 0.3) is 0 Å². The van der Waals surface area contributed by atoms with Gasteiger partial charge >= 0.3 is 0 Å². The second kappa shape index (κ2) is 6.13. The number of rotatable bonds is 3. The van der Waals surface area contributed by atoms with Crippen LogP contribution in [0.15, 0.2) is 6.07 Å². The lowest BCUT2D eigenvalue weighted by atomic mass is 10.2. The van der Waals surface area contributed by atoms with Gasteiger partial charge in [-0.05, 0) is 25.8 Å². The van der Waals surface area contributed by atoms with Crippen LogP contribution >= 0.6 is 11.3 Å². The Labute approximate surface area is 128 Å². The maximum absolute atomic E-state index is 5.73. The molecule has 2 aromatic rings. The number of hydrazine groups is 1. The predicted molar refractivity (Wildman–Crippen MR) is 86.8 cm³/mol. The van der Waals surface area contributed by atoms with E-state index in [4.69, 9.17) is 10.6 Å². The van der Waals surface area contributed by atoms with Gasteiger partial charge in [0.2, 0.25) is 5.95 Å². The standard InChI is InChI=1S/C14H21N5OS/c1-3-10-7-11-12(16-14(18-15)17-13(11)21-10)19-5-4-6-20-9(2)8-19/h7,9H,3-6,8,15H2,1-2H3,(H,16,17,18). The number of hydrogen-bond donors (Lipinski definition) is 2. The fourth-order valence-corrected chi connectivity index (χ4v) is 3.58. The van der Waals surface area contributed by atoms with Crippen molar-refractivity contribution >= 4 is 33.3 Å². The minimum atomic E-state index is 0.205. The highest BCUT2D eigenvalue weighted by atomic mass is 32.1. The minimum absolute atomic E-state index is 0.205. The number of aryl methyl sites for hydroxylation is 1. The molecule has 7 heteroatoms. The number of hydrogen-bond acceptors (Lipinski definition) is 7. The van der Waals surface area contributed by atoms with E-state index < -0.39 is 0 Å². The second-order valence-corrected chi connectivity index (χ2v) is 6.40. The monoisotopic (exact) mass is 307 g/mol. The molecule has 1 unspecified atom stereocenters. The molecule has 3 rings (SSSR count). The van der Waals surface area contributed by atoms with Crippen LogP contribution in [0.1, 0.15) is 25.1 Å². The molecule has 1 aliphatic rings. The van der Waals surface area contributed by atoms with Crippen LogP contribution in [-0.4, -0.2) is 35.8 Å². The molecule has 21 heavy (non-hydrogen) atoms. The van der Waals surface area contributed by atoms with Crippen molar-refractivity contribution in [2.24, 2.45) is 5.84 Å². The fraction of sp³-hybridized carbons (Fsp3) is 0.571. The highest BCUT2D eigenvalue weighted by molar-refractivity contribution is 7.18. The van der Waals surface area contributed by atoms with Crippen molar-refractivity contribution < 1.29 is 4.74 Å². The Balaban J connectivity index is 2.07. The van der Waals surface area contributed by atoms with E-state index in [1.807, 2.05) is 0 Å². The second-order valence-electron chi connectivity index (χ2n) is 5.28. The highest BCUT2D eigenvalue weighted by Crippen LogP contribution is 2.32. The summed E-state index contributed by atoms with van der Waals surface area (Å²) in [4.78, 5) is 13.7. The molecular weight excluding hydrogens is 286 g/mol. The highest BCUT2D eigenvalue weighted by Gasteiger charge is 2.21. The van der Waals surface area contributed by atoms with Crippen LogP contribution in [0.2, 0.25) is 0 Å². The number of anilines is 2. The molecule has 3 heterocycles. The number of nitrogens with one attached hydrogen (secondary N) is 1. The quantitative estimate of drug-likeness (QED) is 0.668. The van der Waals surface area contributed by atoms with Crippen molar-refractivity contribution in [3.63, 3.8) is 0 Å². The van der Waals surface area contributed by atoms with Gasteiger partial charge in [0.1, 0.15) is 10.6 Å². The molecule has 0 spiro atoms. The van der Waals surface area contributed by atoms with Gasteiger partial charge in [-0.25, -0.2) is 10.8 Å². The molecule has 1 atom stereocenters. The number of ether oxygens (including phenoxy) is 1. The van der Waals surface area contributed by atoms with Crippen LogP contribution in [0.3, 0.4) is 0 Å². The van der Waals surface area contributed by atoms with E-state index in [2.05, 4.69) is 40.2 Å². The third-order valence-corrected chi connectivity index (χ3v) is 4.83. The van der Waals surface area contributed by atoms with Crippen molar-refractivity contribution in [2.45, 2.75) is 32.8 Å². The van der Waals surface area contributed by atoms with Gasteiger partial charge in [0, 0.05) is 24.6 Å². The van der Waals surface area contributed by atoms with Crippen molar-refractivity contribution in [2.75, 3.05) is 30.0 Å². The average molecular weight is 307 g/mol. The molecule has 0 saturated carbocycles. The van der Waals surface area contributed by atoms with Crippen molar-refractivity contribution in [1.29, 1.82) is 0 Å². The topological polar surface area (TPSA) is 76.3 Å². The van der Waals surface area contributed by atoms with E-state index in [0.717, 1.165) is 48.6 Å². The Hall–Kier alpha value is -1.44. The van der Waals surface area contributed by atoms with Crippen LogP contribution in [0.4, 0.5) is 11.8 Å². The Kier molecular flexibility index (Phi) is 4.23. The number of fused-ring (bicyclic) bond motifs is 1. The van der Waals surface area contributed by atoms with Crippen LogP contribution in [0.5, 0.6) is 0 Å². The first kappa shape index (κ1) is 14.5. The summed E-state index contributed by atoms with van der Waals surface area (Å²) in [6.07, 6.45) is 2.22. The average Bonchev–Trinajstić information content (AvgIpc) is 2.80. The predicted octanol–water partition coefficient (Wildman–Crippen LogP) is 2.15. The summed E-state index contributed by atoms with van der Waals surface area (Å²) < 4.78 is 5.73. The number of thiophene rings is 1. The molecule has 2 aromatic heterocycles. The van der Waals surface area contributed by atoms with Crippen molar-refractivity contribution in [3.05, 3.63) is 10.9 Å². The molecule has 0 aromatic carbocycles. The summed E-state index contributed by atoms with van der Waals surface area (Å²) in [7, 11) is 0. The number of aromatic nitrogens is 2. The Morgan fingerprint density at radius 2 is 2.38 bits per heavy atom. The number of nitrogens with zero attached hydrogens (tertiary/aromatic N) is 3. The molecule has 114 valence electrons. The van der Waals surface area contributed by atoms with E-state index >= 15 is 0 Å². The van der Waals surface area contributed by atoms with Crippen molar-refractivity contribution in [1.82, 2.24) is 9.97 Å². The molecule has 6 nitrogen and oxygen atoms in total. The Morgan fingerprint density at radius 1 is 1.52 bits per heavy atom. The van der Waals surface area contributed by atoms with E-state index in [-0.39, 0.29) is 6.10 Å². The lowest BCUT2D eigenvalue weighted by molar-refractivity contribution is 0.0820. The van der Waals surface area contributed by atoms with Crippen LogP contribution < -0.4 is 16.2 Å². The van der Waals surface area contributed by atoms with Gasteiger partial charge in [0.15, 0.2) is 0 Å². The summed E-state index contributed by atoms with van der Waals surface area (Å²) >= 11 is 1.71. The van der Waals surface area contributed by atoms with Crippen LogP contribution in [-0.2, 0) is 11.2 Å². The van der Waals surface area contributed by atoms with Crippen molar-refractivity contribution in [3.8, 4) is 0 Å². The maximum Gasteiger partial charge on any atom is 0.240 e. The van der Waals surface area contributed by atoms with Gasteiger partial charge in [-0.1, -0.05) is 6.92 Å². The SMILES string of the molecule is CCc1cc2c(N3CCCOC(C)C3)nc(NN)nc2s1. The summed E-state index contributed by atoms with van der Waals surface area (Å²) in [6.45, 7) is 6.84. The molecule has 0 bridgehead atoms. The zero-order valence-electron chi connectivity index (χ0n) is 12.4. The Morgan fingerprint density at radius 3 is 3.14 bits per heavy atom. The summed E-state index contributed by atoms with van der Waals surface area (Å²) in [5.74, 6) is 6.95. The number of nitrogens with two attached hydrogens (primary N) is 1. The molecule has 1 fully saturated rings. The Bertz CT molecular complexity index is 629. The maximum atomic E-state index is 5.73. The van der Waals surface area contributed by atoms with E-state index in [0.29, 0.717) is 5.95 Å². The first-order valence-electron chi connectivity index (χ1n) is 7.35. The summed E-state index contributed by atoms with van der Waals surface area (Å²) in [6, 6.07) is 2.20. The molecular formula is C14H21N5OS. The van der Waals surface area contributed by atoms with Crippen LogP contribution in [0, 0.1) is 0 Å². The molecule has 1 saturated heterocycles. The molecule has 3 N–H and O–H groups in total. The van der Waals surface area contributed by atoms with E-state index in [1.165, 1.54) is 4.88 Å². The third-order valence-electron chi connectivity index (χ3n) is 3.65. The number of nitrogen functional groups attached to an aromatic ring is 1. The smallest absolute Gasteiger partial charge is 0.240 e. The molecule has 1 aliphatic heterocycles. The zero-order chi connectivity index (χ0) is 14.8. The first-order valence-corrected chi connectivity index (χ1v) is 8.16. The van der Waals surface area contributed by atoms with E-state index in [9.17, 15) is 0 Å². The third kappa shape index (κ3) is 2.95. The molecule has 0 radical (unpaired) electrons. The lowest BCUT2D eigenvalue weighted by Crippen LogP contribution is -2.31. The van der Waals surface area contributed by atoms with E-state index in [1.54, 1.807) is 11.3 Å². The largest absolute Gasteiger partial charge is 0.377 e. The van der Waals surface area contributed by atoms with Gasteiger partial charge in [-0.3, -0.25) is 5.43 Å². The van der Waals surface area contributed by atoms with Gasteiger partial charge in [0.05, 0.1) is 11.5 Å². The van der Waals surface area contributed by atoms with Gasteiger partial charge in [-0.15, -0.1) is 11.3 Å². The zero-order valence-corrected chi connectivity index (χ0v) is 13.2. The molecule has 0 aliphatic carbocycles. The summed E-state index contributed by atoms with van der Waals surface area (Å²) in [5, 5.41) is 1.12.